The van der Waals surface area contributed by atoms with E-state index in [1.54, 1.807) is 4.90 Å². The third kappa shape index (κ3) is 5.43. The second-order valence-electron chi connectivity index (χ2n) is 7.94. The average Bonchev–Trinajstić information content (AvgIpc) is 3.33. The van der Waals surface area contributed by atoms with Crippen LogP contribution in [0, 0.1) is 11.8 Å². The molecule has 4 amide bonds. The van der Waals surface area contributed by atoms with Crippen molar-refractivity contribution in [3.63, 3.8) is 0 Å². The first kappa shape index (κ1) is 23.0. The molecule has 0 aromatic carbocycles. The quantitative estimate of drug-likeness (QED) is 0.290. The zero-order valence-electron chi connectivity index (χ0n) is 16.8. The molecule has 11 heteroatoms. The highest BCUT2D eigenvalue weighted by Crippen LogP contribution is 2.24. The van der Waals surface area contributed by atoms with Crippen molar-refractivity contribution < 1.29 is 29.4 Å². The van der Waals surface area contributed by atoms with Gasteiger partial charge in [-0.3, -0.25) is 19.2 Å². The molecular weight excluding hydrogens is 382 g/mol. The number of carbonyl (C=O) groups excluding carboxylic acids is 4. The second-order valence-corrected chi connectivity index (χ2v) is 7.94. The van der Waals surface area contributed by atoms with Gasteiger partial charge in [-0.1, -0.05) is 0 Å². The SMILES string of the molecule is CC(O)[C@H](N)C(=O)N1CC[C@@H](C(=O)N2CC[C@H](C(=O)N[C@H](C(N)=O)[C@@H](C)O)C2)C1. The molecule has 0 aromatic rings. The smallest absolute Gasteiger partial charge is 0.242 e. The van der Waals surface area contributed by atoms with Crippen molar-refractivity contribution >= 4 is 23.6 Å². The summed E-state index contributed by atoms with van der Waals surface area (Å²) >= 11 is 0. The van der Waals surface area contributed by atoms with Crippen molar-refractivity contribution in [1.82, 2.24) is 15.1 Å². The van der Waals surface area contributed by atoms with Gasteiger partial charge in [-0.25, -0.2) is 0 Å². The number of hydrogen-bond donors (Lipinski definition) is 5. The third-order valence-corrected chi connectivity index (χ3v) is 5.61. The summed E-state index contributed by atoms with van der Waals surface area (Å²) < 4.78 is 0. The molecule has 2 aliphatic heterocycles. The van der Waals surface area contributed by atoms with Gasteiger partial charge in [-0.15, -0.1) is 0 Å². The Morgan fingerprint density at radius 3 is 2.07 bits per heavy atom. The normalized spacial score (nSPS) is 26.0. The summed E-state index contributed by atoms with van der Waals surface area (Å²) in [6.45, 7) is 4.02. The van der Waals surface area contributed by atoms with Crippen LogP contribution >= 0.6 is 0 Å². The van der Waals surface area contributed by atoms with Gasteiger partial charge in [0.2, 0.25) is 23.6 Å². The van der Waals surface area contributed by atoms with Crippen molar-refractivity contribution in [2.24, 2.45) is 23.3 Å². The van der Waals surface area contributed by atoms with Crippen molar-refractivity contribution in [3.8, 4) is 0 Å². The van der Waals surface area contributed by atoms with Crippen molar-refractivity contribution in [3.05, 3.63) is 0 Å². The number of nitrogens with one attached hydrogen (secondary N) is 1. The van der Waals surface area contributed by atoms with E-state index in [4.69, 9.17) is 11.5 Å². The first-order chi connectivity index (χ1) is 13.5. The van der Waals surface area contributed by atoms with Crippen LogP contribution in [0.2, 0.25) is 0 Å². The Hall–Kier alpha value is -2.24. The lowest BCUT2D eigenvalue weighted by Gasteiger charge is -2.24. The van der Waals surface area contributed by atoms with Crippen LogP contribution in [0.5, 0.6) is 0 Å². The molecule has 0 bridgehead atoms. The Bertz CT molecular complexity index is 655. The average molecular weight is 413 g/mol. The lowest BCUT2D eigenvalue weighted by Crippen LogP contribution is -2.52. The maximum Gasteiger partial charge on any atom is 0.242 e. The lowest BCUT2D eigenvalue weighted by atomic mass is 10.1. The summed E-state index contributed by atoms with van der Waals surface area (Å²) in [4.78, 5) is 51.8. The highest BCUT2D eigenvalue weighted by molar-refractivity contribution is 5.89. The van der Waals surface area contributed by atoms with Crippen LogP contribution in [-0.2, 0) is 19.2 Å². The van der Waals surface area contributed by atoms with Gasteiger partial charge >= 0.3 is 0 Å². The van der Waals surface area contributed by atoms with Crippen LogP contribution < -0.4 is 16.8 Å². The monoisotopic (exact) mass is 413 g/mol. The molecule has 1 unspecified atom stereocenters. The molecule has 0 aromatic heterocycles. The zero-order valence-corrected chi connectivity index (χ0v) is 16.8. The maximum absolute atomic E-state index is 12.8. The van der Waals surface area contributed by atoms with Crippen LogP contribution in [-0.4, -0.2) is 94.1 Å². The molecule has 164 valence electrons. The molecule has 6 atom stereocenters. The highest BCUT2D eigenvalue weighted by atomic mass is 16.3. The van der Waals surface area contributed by atoms with E-state index in [-0.39, 0.29) is 30.8 Å². The van der Waals surface area contributed by atoms with Gasteiger partial charge in [0.05, 0.1) is 24.0 Å². The molecule has 2 rings (SSSR count). The highest BCUT2D eigenvalue weighted by Gasteiger charge is 2.39. The van der Waals surface area contributed by atoms with Crippen molar-refractivity contribution in [1.29, 1.82) is 0 Å². The Morgan fingerprint density at radius 2 is 1.52 bits per heavy atom. The summed E-state index contributed by atoms with van der Waals surface area (Å²) in [7, 11) is 0. The van der Waals surface area contributed by atoms with Crippen LogP contribution in [0.1, 0.15) is 26.7 Å². The summed E-state index contributed by atoms with van der Waals surface area (Å²) in [5, 5.41) is 21.5. The fraction of sp³-hybridized carbons (Fsp3) is 0.778. The van der Waals surface area contributed by atoms with E-state index in [2.05, 4.69) is 5.32 Å². The van der Waals surface area contributed by atoms with E-state index < -0.39 is 42.0 Å². The Labute approximate surface area is 169 Å². The van der Waals surface area contributed by atoms with E-state index in [0.717, 1.165) is 0 Å². The van der Waals surface area contributed by atoms with Crippen LogP contribution in [0.3, 0.4) is 0 Å². The predicted molar refractivity (Wildman–Crippen MR) is 102 cm³/mol. The Kier molecular flexibility index (Phi) is 7.55. The molecule has 0 saturated carbocycles. The minimum absolute atomic E-state index is 0.136. The molecule has 7 N–H and O–H groups in total. The third-order valence-electron chi connectivity index (χ3n) is 5.61. The molecule has 0 aliphatic carbocycles. The maximum atomic E-state index is 12.8. The number of rotatable bonds is 7. The summed E-state index contributed by atoms with van der Waals surface area (Å²) in [6, 6.07) is -2.20. The largest absolute Gasteiger partial charge is 0.391 e. The van der Waals surface area contributed by atoms with Gasteiger partial charge < -0.3 is 36.8 Å². The first-order valence-electron chi connectivity index (χ1n) is 9.81. The van der Waals surface area contributed by atoms with Gasteiger partial charge in [0.1, 0.15) is 12.1 Å². The van der Waals surface area contributed by atoms with Gasteiger partial charge in [0.15, 0.2) is 0 Å². The number of carbonyl (C=O) groups is 4. The molecule has 0 spiro atoms. The Balaban J connectivity index is 1.88. The first-order valence-corrected chi connectivity index (χ1v) is 9.81. The molecule has 2 heterocycles. The number of amides is 4. The number of aliphatic hydroxyl groups excluding tert-OH is 2. The molecule has 2 fully saturated rings. The second kappa shape index (κ2) is 9.51. The standard InChI is InChI=1S/C18H31N5O6/c1-9(24)13(19)18(29)23-6-4-12(8-23)17(28)22-5-3-11(7-22)16(27)21-14(10(2)25)15(20)26/h9-14,24-25H,3-8,19H2,1-2H3,(H2,20,26)(H,21,27)/t9?,10-,11+,12-,13+,14+/m1/s1. The fourth-order valence-corrected chi connectivity index (χ4v) is 3.71. The van der Waals surface area contributed by atoms with Crippen LogP contribution in [0.4, 0.5) is 0 Å². The van der Waals surface area contributed by atoms with Gasteiger partial charge in [0.25, 0.3) is 0 Å². The molecule has 2 saturated heterocycles. The van der Waals surface area contributed by atoms with E-state index in [0.29, 0.717) is 25.9 Å². The van der Waals surface area contributed by atoms with E-state index in [9.17, 15) is 29.4 Å². The van der Waals surface area contributed by atoms with Crippen LogP contribution in [0.25, 0.3) is 0 Å². The van der Waals surface area contributed by atoms with E-state index in [1.165, 1.54) is 18.7 Å². The number of likely N-dealkylation sites (tertiary alicyclic amines) is 2. The Morgan fingerprint density at radius 1 is 0.966 bits per heavy atom. The summed E-state index contributed by atoms with van der Waals surface area (Å²) in [5.74, 6) is -2.66. The zero-order chi connectivity index (χ0) is 21.9. The number of hydrogen-bond acceptors (Lipinski definition) is 7. The number of nitrogens with two attached hydrogens (primary N) is 2. The predicted octanol–water partition coefficient (Wildman–Crippen LogP) is -3.26. The van der Waals surface area contributed by atoms with Crippen molar-refractivity contribution in [2.75, 3.05) is 26.2 Å². The number of aliphatic hydroxyl groups is 2. The lowest BCUT2D eigenvalue weighted by molar-refractivity contribution is -0.136. The molecular formula is C18H31N5O6. The fourth-order valence-electron chi connectivity index (χ4n) is 3.71. The summed E-state index contributed by atoms with van der Waals surface area (Å²) in [6.07, 6.45) is -1.16. The number of primary amides is 1. The minimum atomic E-state index is -1.18. The van der Waals surface area contributed by atoms with Crippen molar-refractivity contribution in [2.45, 2.75) is 51.0 Å². The van der Waals surface area contributed by atoms with E-state index >= 15 is 0 Å². The number of nitrogens with zero attached hydrogens (tertiary/aromatic N) is 2. The van der Waals surface area contributed by atoms with Crippen LogP contribution in [0.15, 0.2) is 0 Å². The molecule has 11 nitrogen and oxygen atoms in total. The molecule has 29 heavy (non-hydrogen) atoms. The van der Waals surface area contributed by atoms with Gasteiger partial charge in [-0.2, -0.15) is 0 Å². The van der Waals surface area contributed by atoms with E-state index in [1.807, 2.05) is 0 Å². The van der Waals surface area contributed by atoms with Gasteiger partial charge in [-0.05, 0) is 26.7 Å². The molecule has 2 aliphatic rings. The minimum Gasteiger partial charge on any atom is -0.391 e. The topological polar surface area (TPSA) is 179 Å². The van der Waals surface area contributed by atoms with Gasteiger partial charge in [0, 0.05) is 26.2 Å². The molecule has 0 radical (unpaired) electrons. The summed E-state index contributed by atoms with van der Waals surface area (Å²) in [5.41, 5.74) is 10.9.